The van der Waals surface area contributed by atoms with Crippen LogP contribution >= 0.6 is 0 Å². The molecule has 1 aliphatic rings. The van der Waals surface area contributed by atoms with Crippen LogP contribution in [0.2, 0.25) is 0 Å². The van der Waals surface area contributed by atoms with E-state index in [1.165, 1.54) is 77.2 Å². The van der Waals surface area contributed by atoms with Crippen LogP contribution in [0.1, 0.15) is 105 Å². The monoisotopic (exact) mass is 335 g/mol. The fourth-order valence-electron chi connectivity index (χ4n) is 4.70. The molecule has 0 aromatic carbocycles. The standard InChI is InChI=1S/C23H45N/c1-6-10-12-13-18-24(20(5)15-11-7-2)23-17-16-22(19-23)21(9-4)14-8-3/h12-13,20-23H,6-11,14-19H2,1-5H3/b13-12-. The van der Waals surface area contributed by atoms with Gasteiger partial charge in [-0.3, -0.25) is 4.90 Å². The number of nitrogens with zero attached hydrogens (tertiary/aromatic N) is 1. The minimum atomic E-state index is 0.742. The minimum Gasteiger partial charge on any atom is -0.294 e. The first kappa shape index (κ1) is 21.7. The average molecular weight is 336 g/mol. The lowest BCUT2D eigenvalue weighted by Crippen LogP contribution is -2.41. The third-order valence-corrected chi connectivity index (χ3v) is 6.24. The molecule has 0 amide bonds. The normalized spacial score (nSPS) is 24.1. The zero-order valence-electron chi connectivity index (χ0n) is 17.4. The molecule has 0 spiro atoms. The van der Waals surface area contributed by atoms with Crippen molar-refractivity contribution in [3.63, 3.8) is 0 Å². The molecule has 0 aromatic rings. The molecule has 1 aliphatic carbocycles. The van der Waals surface area contributed by atoms with Gasteiger partial charge in [0, 0.05) is 18.6 Å². The summed E-state index contributed by atoms with van der Waals surface area (Å²) < 4.78 is 0. The molecule has 142 valence electrons. The predicted octanol–water partition coefficient (Wildman–Crippen LogP) is 7.22. The highest BCUT2D eigenvalue weighted by Crippen LogP contribution is 2.38. The Morgan fingerprint density at radius 1 is 0.958 bits per heavy atom. The molecule has 0 N–H and O–H groups in total. The molecule has 0 bridgehead atoms. The van der Waals surface area contributed by atoms with Gasteiger partial charge in [0.1, 0.15) is 0 Å². The second kappa shape index (κ2) is 13.0. The van der Waals surface area contributed by atoms with Crippen molar-refractivity contribution in [3.05, 3.63) is 12.2 Å². The van der Waals surface area contributed by atoms with E-state index < -0.39 is 0 Å². The molecule has 0 radical (unpaired) electrons. The third kappa shape index (κ3) is 7.30. The van der Waals surface area contributed by atoms with Gasteiger partial charge >= 0.3 is 0 Å². The Labute approximate surface area is 153 Å². The largest absolute Gasteiger partial charge is 0.294 e. The van der Waals surface area contributed by atoms with E-state index >= 15 is 0 Å². The molecule has 0 heterocycles. The average Bonchev–Trinajstić information content (AvgIpc) is 3.07. The van der Waals surface area contributed by atoms with E-state index in [0.717, 1.165) is 23.9 Å². The van der Waals surface area contributed by atoms with Crippen molar-refractivity contribution >= 4 is 0 Å². The number of allylic oxidation sites excluding steroid dienone is 1. The highest BCUT2D eigenvalue weighted by molar-refractivity contribution is 4.93. The molecule has 4 unspecified atom stereocenters. The van der Waals surface area contributed by atoms with Crippen molar-refractivity contribution in [2.75, 3.05) is 6.54 Å². The van der Waals surface area contributed by atoms with Gasteiger partial charge in [-0.1, -0.05) is 78.4 Å². The Morgan fingerprint density at radius 2 is 1.75 bits per heavy atom. The van der Waals surface area contributed by atoms with Crippen molar-refractivity contribution in [1.82, 2.24) is 4.90 Å². The van der Waals surface area contributed by atoms with Gasteiger partial charge in [-0.2, -0.15) is 0 Å². The zero-order chi connectivity index (χ0) is 17.8. The minimum absolute atomic E-state index is 0.742. The van der Waals surface area contributed by atoms with Crippen LogP contribution in [0, 0.1) is 11.8 Å². The molecule has 0 aromatic heterocycles. The lowest BCUT2D eigenvalue weighted by Gasteiger charge is -2.34. The van der Waals surface area contributed by atoms with Crippen molar-refractivity contribution in [2.45, 2.75) is 117 Å². The van der Waals surface area contributed by atoms with E-state index in [2.05, 4.69) is 51.7 Å². The molecule has 4 atom stereocenters. The summed E-state index contributed by atoms with van der Waals surface area (Å²) in [5.74, 6) is 1.96. The summed E-state index contributed by atoms with van der Waals surface area (Å²) in [5.41, 5.74) is 0. The number of unbranched alkanes of at least 4 members (excludes halogenated alkanes) is 2. The van der Waals surface area contributed by atoms with Crippen molar-refractivity contribution in [2.24, 2.45) is 11.8 Å². The molecular weight excluding hydrogens is 290 g/mol. The van der Waals surface area contributed by atoms with Crippen LogP contribution in [0.5, 0.6) is 0 Å². The van der Waals surface area contributed by atoms with E-state index in [0.29, 0.717) is 0 Å². The Kier molecular flexibility index (Phi) is 11.8. The summed E-state index contributed by atoms with van der Waals surface area (Å²) in [6.45, 7) is 13.0. The van der Waals surface area contributed by atoms with Crippen molar-refractivity contribution < 1.29 is 0 Å². The maximum absolute atomic E-state index is 2.85. The van der Waals surface area contributed by atoms with Crippen LogP contribution < -0.4 is 0 Å². The van der Waals surface area contributed by atoms with Gasteiger partial charge < -0.3 is 0 Å². The molecule has 1 fully saturated rings. The Morgan fingerprint density at radius 3 is 2.38 bits per heavy atom. The molecule has 24 heavy (non-hydrogen) atoms. The molecular formula is C23H45N. The molecule has 1 saturated carbocycles. The fourth-order valence-corrected chi connectivity index (χ4v) is 4.70. The van der Waals surface area contributed by atoms with Crippen molar-refractivity contribution in [3.8, 4) is 0 Å². The Hall–Kier alpha value is -0.300. The number of hydrogen-bond donors (Lipinski definition) is 0. The van der Waals surface area contributed by atoms with Gasteiger partial charge in [0.15, 0.2) is 0 Å². The second-order valence-electron chi connectivity index (χ2n) is 8.13. The SMILES string of the molecule is CCC/C=C\CN(C(C)CCCC)C1CCC(C(CC)CCC)C1. The first-order valence-corrected chi connectivity index (χ1v) is 11.1. The van der Waals surface area contributed by atoms with E-state index in [4.69, 9.17) is 0 Å². The lowest BCUT2D eigenvalue weighted by molar-refractivity contribution is 0.146. The summed E-state index contributed by atoms with van der Waals surface area (Å²) in [7, 11) is 0. The van der Waals surface area contributed by atoms with Gasteiger partial charge in [0.05, 0.1) is 0 Å². The highest BCUT2D eigenvalue weighted by atomic mass is 15.2. The Bertz CT molecular complexity index is 322. The first-order chi connectivity index (χ1) is 11.7. The lowest BCUT2D eigenvalue weighted by atomic mass is 9.85. The van der Waals surface area contributed by atoms with Gasteiger partial charge in [-0.05, 0) is 50.9 Å². The van der Waals surface area contributed by atoms with Gasteiger partial charge in [-0.25, -0.2) is 0 Å². The molecule has 0 saturated heterocycles. The van der Waals surface area contributed by atoms with Crippen LogP contribution in [-0.2, 0) is 0 Å². The summed E-state index contributed by atoms with van der Waals surface area (Å²) >= 11 is 0. The van der Waals surface area contributed by atoms with E-state index in [1.54, 1.807) is 0 Å². The van der Waals surface area contributed by atoms with E-state index in [1.807, 2.05) is 0 Å². The van der Waals surface area contributed by atoms with Crippen LogP contribution in [0.25, 0.3) is 0 Å². The number of rotatable bonds is 13. The van der Waals surface area contributed by atoms with Crippen LogP contribution in [0.3, 0.4) is 0 Å². The maximum Gasteiger partial charge on any atom is 0.0168 e. The topological polar surface area (TPSA) is 3.24 Å². The molecule has 1 nitrogen and oxygen atoms in total. The van der Waals surface area contributed by atoms with Gasteiger partial charge in [0.25, 0.3) is 0 Å². The summed E-state index contributed by atoms with van der Waals surface area (Å²) in [4.78, 5) is 2.85. The maximum atomic E-state index is 2.85. The van der Waals surface area contributed by atoms with Gasteiger partial charge in [0.2, 0.25) is 0 Å². The summed E-state index contributed by atoms with van der Waals surface area (Å²) in [6.07, 6.45) is 20.0. The zero-order valence-corrected chi connectivity index (χ0v) is 17.4. The van der Waals surface area contributed by atoms with Crippen LogP contribution in [0.15, 0.2) is 12.2 Å². The second-order valence-corrected chi connectivity index (χ2v) is 8.13. The van der Waals surface area contributed by atoms with Crippen LogP contribution in [-0.4, -0.2) is 23.5 Å². The summed E-state index contributed by atoms with van der Waals surface area (Å²) in [5, 5.41) is 0. The molecule has 1 rings (SSSR count). The fraction of sp³-hybridized carbons (Fsp3) is 0.913. The smallest absolute Gasteiger partial charge is 0.0168 e. The highest BCUT2D eigenvalue weighted by Gasteiger charge is 2.33. The first-order valence-electron chi connectivity index (χ1n) is 11.1. The quantitative estimate of drug-likeness (QED) is 0.321. The van der Waals surface area contributed by atoms with Gasteiger partial charge in [-0.15, -0.1) is 0 Å². The summed E-state index contributed by atoms with van der Waals surface area (Å²) in [6, 6.07) is 1.57. The van der Waals surface area contributed by atoms with E-state index in [-0.39, 0.29) is 0 Å². The Balaban J connectivity index is 2.64. The third-order valence-electron chi connectivity index (χ3n) is 6.24. The van der Waals surface area contributed by atoms with Crippen molar-refractivity contribution in [1.29, 1.82) is 0 Å². The van der Waals surface area contributed by atoms with Crippen LogP contribution in [0.4, 0.5) is 0 Å². The molecule has 0 aliphatic heterocycles. The van der Waals surface area contributed by atoms with E-state index in [9.17, 15) is 0 Å². The number of hydrogen-bond acceptors (Lipinski definition) is 1. The molecule has 1 heteroatoms. The predicted molar refractivity (Wildman–Crippen MR) is 110 cm³/mol.